The van der Waals surface area contributed by atoms with Gasteiger partial charge in [-0.25, -0.2) is 13.1 Å². The number of benzene rings is 1. The Balaban J connectivity index is 1.44. The fourth-order valence-electron chi connectivity index (χ4n) is 6.37. The van der Waals surface area contributed by atoms with Crippen LogP contribution in [0.15, 0.2) is 24.3 Å². The number of hydrogen-bond donors (Lipinski definition) is 2. The van der Waals surface area contributed by atoms with Crippen LogP contribution in [0.3, 0.4) is 0 Å². The van der Waals surface area contributed by atoms with Crippen molar-refractivity contribution in [3.05, 3.63) is 29.8 Å². The highest BCUT2D eigenvalue weighted by Crippen LogP contribution is 2.56. The van der Waals surface area contributed by atoms with Crippen LogP contribution in [0, 0.1) is 17.8 Å². The van der Waals surface area contributed by atoms with E-state index in [0.717, 1.165) is 12.1 Å². The van der Waals surface area contributed by atoms with Crippen molar-refractivity contribution in [1.82, 2.24) is 10.0 Å². The highest BCUT2D eigenvalue weighted by Gasteiger charge is 2.57. The second-order valence-electron chi connectivity index (χ2n) is 10.9. The van der Waals surface area contributed by atoms with Gasteiger partial charge in [0, 0.05) is 11.6 Å². The molecule has 1 amide bonds. The number of ether oxygens (including phenoxy) is 1. The van der Waals surface area contributed by atoms with E-state index >= 15 is 0 Å². The molecule has 36 heavy (non-hydrogen) atoms. The molecule has 0 heterocycles. The van der Waals surface area contributed by atoms with Crippen LogP contribution in [0.2, 0.25) is 0 Å². The minimum Gasteiger partial charge on any atom is -0.478 e. The highest BCUT2D eigenvalue weighted by molar-refractivity contribution is 7.89. The van der Waals surface area contributed by atoms with Gasteiger partial charge >= 0.3 is 12.4 Å². The molecule has 1 aromatic carbocycles. The second kappa shape index (κ2) is 8.78. The smallest absolute Gasteiger partial charge is 0.416 e. The molecule has 0 aliphatic heterocycles. The van der Waals surface area contributed by atoms with Gasteiger partial charge in [0.15, 0.2) is 11.4 Å². The third-order valence-electron chi connectivity index (χ3n) is 7.38. The third kappa shape index (κ3) is 5.92. The zero-order valence-electron chi connectivity index (χ0n) is 19.7. The van der Waals surface area contributed by atoms with Crippen LogP contribution in [-0.4, -0.2) is 43.4 Å². The summed E-state index contributed by atoms with van der Waals surface area (Å²) in [4.78, 5) is 13.1. The first kappa shape index (κ1) is 27.0. The molecule has 1 aromatic rings. The van der Waals surface area contributed by atoms with E-state index in [9.17, 15) is 39.6 Å². The lowest BCUT2D eigenvalue weighted by Crippen LogP contribution is -2.68. The molecule has 0 aromatic heterocycles. The zero-order chi connectivity index (χ0) is 26.7. The molecular weight excluding hydrogens is 514 g/mol. The molecule has 2 N–H and O–H groups in total. The van der Waals surface area contributed by atoms with E-state index in [2.05, 4.69) is 10.0 Å². The van der Waals surface area contributed by atoms with E-state index in [0.29, 0.717) is 32.1 Å². The summed E-state index contributed by atoms with van der Waals surface area (Å²) in [5.74, 6) is -2.74. The van der Waals surface area contributed by atoms with Gasteiger partial charge in [0.1, 0.15) is 5.75 Å². The SMILES string of the molecule is CC(C)(Oc1cccc(C(F)(F)F)c1)C(=O)NC1[C@@H]2CC3C[C@H]1CC(NS(=O)(=O)CC(F)(F)F)(C3)C2. The number of rotatable bonds is 7. The number of hydrogen-bond acceptors (Lipinski definition) is 4. The summed E-state index contributed by atoms with van der Waals surface area (Å²) in [6, 6.07) is 3.88. The Morgan fingerprint density at radius 1 is 1.06 bits per heavy atom. The zero-order valence-corrected chi connectivity index (χ0v) is 20.5. The second-order valence-corrected chi connectivity index (χ2v) is 12.6. The Labute approximate surface area is 205 Å². The van der Waals surface area contributed by atoms with Crippen LogP contribution in [0.4, 0.5) is 26.3 Å². The van der Waals surface area contributed by atoms with Crippen molar-refractivity contribution in [2.45, 2.75) is 75.5 Å². The Bertz CT molecular complexity index is 1100. The Morgan fingerprint density at radius 3 is 2.22 bits per heavy atom. The van der Waals surface area contributed by atoms with Crippen molar-refractivity contribution < 1.29 is 44.3 Å². The number of halogens is 6. The van der Waals surface area contributed by atoms with Crippen LogP contribution >= 0.6 is 0 Å². The molecule has 202 valence electrons. The number of amides is 1. The molecule has 4 bridgehead atoms. The first-order valence-electron chi connectivity index (χ1n) is 11.6. The van der Waals surface area contributed by atoms with E-state index < -0.39 is 50.7 Å². The molecule has 0 radical (unpaired) electrons. The standard InChI is InChI=1S/C23H28F6N2O4S/c1-20(2,35-17-5-3-4-16(8-17)23(27,28)29)19(32)30-18-14-6-13-7-15(18)11-21(9-13,10-14)31-36(33,34)12-22(24,25)26/h3-5,8,13-15,18,31H,6-7,9-12H2,1-2H3,(H,30,32)/t13?,14-,15+,18?,21?. The van der Waals surface area contributed by atoms with E-state index in [1.807, 2.05) is 0 Å². The van der Waals surface area contributed by atoms with Gasteiger partial charge < -0.3 is 10.1 Å². The fraction of sp³-hybridized carbons (Fsp3) is 0.696. The number of sulfonamides is 1. The Kier molecular flexibility index (Phi) is 6.59. The van der Waals surface area contributed by atoms with Crippen molar-refractivity contribution in [3.63, 3.8) is 0 Å². The summed E-state index contributed by atoms with van der Waals surface area (Å²) >= 11 is 0. The lowest BCUT2D eigenvalue weighted by molar-refractivity contribution is -0.139. The number of carbonyl (C=O) groups is 1. The largest absolute Gasteiger partial charge is 0.478 e. The molecule has 5 atom stereocenters. The van der Waals surface area contributed by atoms with Crippen molar-refractivity contribution in [2.75, 3.05) is 5.75 Å². The first-order valence-corrected chi connectivity index (χ1v) is 13.3. The van der Waals surface area contributed by atoms with Gasteiger partial charge in [0.05, 0.1) is 5.56 Å². The van der Waals surface area contributed by atoms with Gasteiger partial charge in [0.2, 0.25) is 10.0 Å². The van der Waals surface area contributed by atoms with Crippen LogP contribution in [0.25, 0.3) is 0 Å². The van der Waals surface area contributed by atoms with Crippen molar-refractivity contribution in [2.24, 2.45) is 17.8 Å². The molecule has 5 rings (SSSR count). The Morgan fingerprint density at radius 2 is 1.67 bits per heavy atom. The maximum absolute atomic E-state index is 13.1. The predicted molar refractivity (Wildman–Crippen MR) is 117 cm³/mol. The molecule has 4 fully saturated rings. The monoisotopic (exact) mass is 542 g/mol. The summed E-state index contributed by atoms with van der Waals surface area (Å²) in [5.41, 5.74) is -3.38. The molecule has 4 aliphatic carbocycles. The maximum Gasteiger partial charge on any atom is 0.416 e. The number of alkyl halides is 6. The molecule has 0 spiro atoms. The molecular formula is C23H28F6N2O4S. The quantitative estimate of drug-likeness (QED) is 0.500. The average molecular weight is 543 g/mol. The van der Waals surface area contributed by atoms with E-state index in [4.69, 9.17) is 4.74 Å². The molecule has 0 saturated heterocycles. The number of carbonyl (C=O) groups excluding carboxylic acids is 1. The summed E-state index contributed by atoms with van der Waals surface area (Å²) in [6.07, 6.45) is -6.94. The van der Waals surface area contributed by atoms with Gasteiger partial charge in [-0.05, 0) is 81.9 Å². The molecule has 4 saturated carbocycles. The maximum atomic E-state index is 13.1. The van der Waals surface area contributed by atoms with Crippen LogP contribution in [-0.2, 0) is 21.0 Å². The summed E-state index contributed by atoms with van der Waals surface area (Å²) in [5, 5.41) is 2.94. The van der Waals surface area contributed by atoms with Crippen molar-refractivity contribution in [1.29, 1.82) is 0 Å². The van der Waals surface area contributed by atoms with Crippen molar-refractivity contribution >= 4 is 15.9 Å². The molecule has 13 heteroatoms. The van der Waals surface area contributed by atoms with Gasteiger partial charge in [-0.3, -0.25) is 4.79 Å². The van der Waals surface area contributed by atoms with Crippen LogP contribution in [0.5, 0.6) is 5.75 Å². The van der Waals surface area contributed by atoms with Crippen molar-refractivity contribution in [3.8, 4) is 5.75 Å². The normalized spacial score (nSPS) is 30.3. The van der Waals surface area contributed by atoms with Crippen LogP contribution < -0.4 is 14.8 Å². The first-order chi connectivity index (χ1) is 16.4. The molecule has 4 aliphatic rings. The van der Waals surface area contributed by atoms with Gasteiger partial charge in [-0.2, -0.15) is 26.3 Å². The molecule has 3 unspecified atom stereocenters. The highest BCUT2D eigenvalue weighted by atomic mass is 32.2. The summed E-state index contributed by atoms with van der Waals surface area (Å²) < 4.78 is 110. The van der Waals surface area contributed by atoms with Gasteiger partial charge in [-0.1, -0.05) is 6.07 Å². The minimum absolute atomic E-state index is 0.118. The van der Waals surface area contributed by atoms with E-state index in [1.165, 1.54) is 26.0 Å². The third-order valence-corrected chi connectivity index (χ3v) is 8.83. The lowest BCUT2D eigenvalue weighted by atomic mass is 9.51. The predicted octanol–water partition coefficient (Wildman–Crippen LogP) is 4.41. The average Bonchev–Trinajstić information content (AvgIpc) is 2.66. The summed E-state index contributed by atoms with van der Waals surface area (Å²) in [6.45, 7) is 2.87. The summed E-state index contributed by atoms with van der Waals surface area (Å²) in [7, 11) is -4.58. The minimum atomic E-state index is -4.85. The van der Waals surface area contributed by atoms with E-state index in [-0.39, 0.29) is 29.5 Å². The Hall–Kier alpha value is -2.02. The van der Waals surface area contributed by atoms with Gasteiger partial charge in [-0.15, -0.1) is 0 Å². The van der Waals surface area contributed by atoms with Crippen LogP contribution in [0.1, 0.15) is 51.5 Å². The van der Waals surface area contributed by atoms with E-state index in [1.54, 1.807) is 0 Å². The molecule has 6 nitrogen and oxygen atoms in total. The number of nitrogens with one attached hydrogen (secondary N) is 2. The topological polar surface area (TPSA) is 84.5 Å². The van der Waals surface area contributed by atoms with Gasteiger partial charge in [0.25, 0.3) is 5.91 Å². The fourth-order valence-corrected chi connectivity index (χ4v) is 7.78. The lowest BCUT2D eigenvalue weighted by Gasteiger charge is -2.60.